The molecule has 134 valence electrons. The van der Waals surface area contributed by atoms with Gasteiger partial charge >= 0.3 is 0 Å². The number of nitriles is 1. The molecule has 0 bridgehead atoms. The number of nitrogens with zero attached hydrogens (tertiary/aromatic N) is 5. The Hall–Kier alpha value is -3.25. The maximum absolute atomic E-state index is 12.9. The van der Waals surface area contributed by atoms with Gasteiger partial charge in [0.15, 0.2) is 0 Å². The minimum Gasteiger partial charge on any atom is -0.378 e. The Morgan fingerprint density at radius 3 is 2.62 bits per heavy atom. The fourth-order valence-electron chi connectivity index (χ4n) is 2.75. The van der Waals surface area contributed by atoms with Crippen molar-refractivity contribution < 1.29 is 14.5 Å². The zero-order valence-corrected chi connectivity index (χ0v) is 14.0. The molecule has 0 spiro atoms. The fourth-order valence-corrected chi connectivity index (χ4v) is 2.75. The number of aryl methyl sites for hydroxylation is 1. The average Bonchev–Trinajstić information content (AvgIpc) is 3.10. The van der Waals surface area contributed by atoms with Gasteiger partial charge in [-0.05, 0) is 12.1 Å². The highest BCUT2D eigenvalue weighted by Gasteiger charge is 2.24. The van der Waals surface area contributed by atoms with E-state index in [1.165, 1.54) is 12.1 Å². The smallest absolute Gasteiger partial charge is 0.269 e. The zero-order valence-electron chi connectivity index (χ0n) is 14.0. The Bertz CT molecular complexity index is 847. The van der Waals surface area contributed by atoms with E-state index < -0.39 is 4.92 Å². The number of amides is 1. The maximum atomic E-state index is 12.9. The Morgan fingerprint density at radius 1 is 1.31 bits per heavy atom. The Balaban J connectivity index is 1.96. The van der Waals surface area contributed by atoms with E-state index in [0.29, 0.717) is 49.7 Å². The summed E-state index contributed by atoms with van der Waals surface area (Å²) in [4.78, 5) is 25.0. The number of carbonyl (C=O) groups is 1. The third-order valence-electron chi connectivity index (χ3n) is 4.09. The number of morpholine rings is 1. The van der Waals surface area contributed by atoms with Crippen LogP contribution in [0.1, 0.15) is 16.8 Å². The summed E-state index contributed by atoms with van der Waals surface area (Å²) in [6.45, 7) is 2.35. The normalized spacial score (nSPS) is 14.0. The zero-order chi connectivity index (χ0) is 18.5. The van der Waals surface area contributed by atoms with Crippen LogP contribution in [0.15, 0.2) is 30.5 Å². The summed E-state index contributed by atoms with van der Waals surface area (Å²) in [5.41, 5.74) is 1.45. The molecule has 2 aromatic rings. The monoisotopic (exact) mass is 355 g/mol. The number of aromatic nitrogens is 2. The summed E-state index contributed by atoms with van der Waals surface area (Å²) in [5.74, 6) is -0.162. The summed E-state index contributed by atoms with van der Waals surface area (Å²) in [5, 5.41) is 24.0. The predicted octanol–water partition coefficient (Wildman–Crippen LogP) is 1.84. The molecule has 0 saturated carbocycles. The van der Waals surface area contributed by atoms with E-state index in [1.54, 1.807) is 27.9 Å². The van der Waals surface area contributed by atoms with Gasteiger partial charge < -0.3 is 9.64 Å². The van der Waals surface area contributed by atoms with Gasteiger partial charge in [0.05, 0.1) is 42.7 Å². The first-order chi connectivity index (χ1) is 12.6. The van der Waals surface area contributed by atoms with E-state index in [1.807, 2.05) is 6.07 Å². The number of hydrogen-bond donors (Lipinski definition) is 0. The van der Waals surface area contributed by atoms with Crippen LogP contribution in [-0.4, -0.2) is 51.8 Å². The lowest BCUT2D eigenvalue weighted by Crippen LogP contribution is -2.40. The number of hydrogen-bond acceptors (Lipinski definition) is 6. The molecule has 3 rings (SSSR count). The second-order valence-corrected chi connectivity index (χ2v) is 5.77. The van der Waals surface area contributed by atoms with Crippen LogP contribution in [0.4, 0.5) is 5.69 Å². The number of nitro groups is 1. The van der Waals surface area contributed by atoms with Crippen molar-refractivity contribution in [2.24, 2.45) is 0 Å². The van der Waals surface area contributed by atoms with Gasteiger partial charge in [0.25, 0.3) is 11.6 Å². The van der Waals surface area contributed by atoms with Crippen LogP contribution in [0.5, 0.6) is 0 Å². The van der Waals surface area contributed by atoms with Crippen molar-refractivity contribution in [3.8, 4) is 17.3 Å². The standard InChI is InChI=1S/C17H17N5O4/c18-6-1-7-21-12-15(17(23)20-8-10-26-11-9-20)16(19-21)13-2-4-14(5-3-13)22(24)25/h2-5,12H,1,7-11H2. The van der Waals surface area contributed by atoms with Crippen molar-refractivity contribution in [1.29, 1.82) is 5.26 Å². The quantitative estimate of drug-likeness (QED) is 0.597. The van der Waals surface area contributed by atoms with Crippen molar-refractivity contribution in [2.75, 3.05) is 26.3 Å². The second-order valence-electron chi connectivity index (χ2n) is 5.77. The van der Waals surface area contributed by atoms with E-state index in [4.69, 9.17) is 10.00 Å². The van der Waals surface area contributed by atoms with Gasteiger partial charge in [-0.3, -0.25) is 19.6 Å². The third-order valence-corrected chi connectivity index (χ3v) is 4.09. The SMILES string of the molecule is N#CCCn1cc(C(=O)N2CCOCC2)c(-c2ccc([N+](=O)[O-])cc2)n1. The van der Waals surface area contributed by atoms with Gasteiger partial charge in [-0.25, -0.2) is 0 Å². The van der Waals surface area contributed by atoms with Crippen molar-refractivity contribution >= 4 is 11.6 Å². The van der Waals surface area contributed by atoms with Crippen LogP contribution in [-0.2, 0) is 11.3 Å². The lowest BCUT2D eigenvalue weighted by Gasteiger charge is -2.26. The van der Waals surface area contributed by atoms with E-state index in [0.717, 1.165) is 0 Å². The maximum Gasteiger partial charge on any atom is 0.269 e. The van der Waals surface area contributed by atoms with Crippen molar-refractivity contribution in [3.63, 3.8) is 0 Å². The molecule has 0 radical (unpaired) electrons. The van der Waals surface area contributed by atoms with E-state index in [-0.39, 0.29) is 18.0 Å². The number of non-ortho nitro benzene ring substituents is 1. The van der Waals surface area contributed by atoms with Crippen LogP contribution in [0.25, 0.3) is 11.3 Å². The highest BCUT2D eigenvalue weighted by molar-refractivity contribution is 5.99. The number of carbonyl (C=O) groups excluding carboxylic acids is 1. The van der Waals surface area contributed by atoms with E-state index in [2.05, 4.69) is 5.10 Å². The molecular weight excluding hydrogens is 338 g/mol. The summed E-state index contributed by atoms with van der Waals surface area (Å²) < 4.78 is 6.84. The number of nitro benzene ring substituents is 1. The minimum absolute atomic E-state index is 0.0290. The summed E-state index contributed by atoms with van der Waals surface area (Å²) in [7, 11) is 0. The fraction of sp³-hybridized carbons (Fsp3) is 0.353. The van der Waals surface area contributed by atoms with E-state index in [9.17, 15) is 14.9 Å². The van der Waals surface area contributed by atoms with Gasteiger partial charge in [-0.15, -0.1) is 0 Å². The first kappa shape index (κ1) is 17.6. The first-order valence-electron chi connectivity index (χ1n) is 8.16. The molecule has 0 unspecified atom stereocenters. The van der Waals surface area contributed by atoms with Gasteiger partial charge in [0.1, 0.15) is 5.69 Å². The van der Waals surface area contributed by atoms with Crippen LogP contribution in [0.3, 0.4) is 0 Å². The summed E-state index contributed by atoms with van der Waals surface area (Å²) in [6, 6.07) is 7.96. The molecule has 1 amide bonds. The topological polar surface area (TPSA) is 114 Å². The lowest BCUT2D eigenvalue weighted by atomic mass is 10.1. The number of ether oxygens (including phenoxy) is 1. The second kappa shape index (κ2) is 7.76. The van der Waals surface area contributed by atoms with E-state index >= 15 is 0 Å². The number of rotatable bonds is 5. The van der Waals surface area contributed by atoms with Crippen molar-refractivity contribution in [3.05, 3.63) is 46.1 Å². The third kappa shape index (κ3) is 3.70. The molecule has 2 heterocycles. The molecule has 1 aliphatic heterocycles. The molecule has 0 aliphatic carbocycles. The number of benzene rings is 1. The largest absolute Gasteiger partial charge is 0.378 e. The minimum atomic E-state index is -0.477. The van der Waals surface area contributed by atoms with Crippen LogP contribution in [0.2, 0.25) is 0 Å². The van der Waals surface area contributed by atoms with Crippen LogP contribution >= 0.6 is 0 Å². The molecule has 1 fully saturated rings. The Kier molecular flexibility index (Phi) is 5.24. The molecular formula is C17H17N5O4. The molecule has 9 heteroatoms. The molecule has 1 aromatic heterocycles. The van der Waals surface area contributed by atoms with Crippen molar-refractivity contribution in [2.45, 2.75) is 13.0 Å². The molecule has 0 N–H and O–H groups in total. The van der Waals surface area contributed by atoms with Gasteiger partial charge in [0.2, 0.25) is 0 Å². The highest BCUT2D eigenvalue weighted by Crippen LogP contribution is 2.26. The van der Waals surface area contributed by atoms with Crippen LogP contribution < -0.4 is 0 Å². The predicted molar refractivity (Wildman–Crippen MR) is 91.3 cm³/mol. The average molecular weight is 355 g/mol. The molecule has 26 heavy (non-hydrogen) atoms. The van der Waals surface area contributed by atoms with Gasteiger partial charge in [-0.2, -0.15) is 10.4 Å². The summed E-state index contributed by atoms with van der Waals surface area (Å²) >= 11 is 0. The Labute approximate surface area is 149 Å². The van der Waals surface area contributed by atoms with Gasteiger partial charge in [0, 0.05) is 37.0 Å². The lowest BCUT2D eigenvalue weighted by molar-refractivity contribution is -0.384. The molecule has 1 saturated heterocycles. The highest BCUT2D eigenvalue weighted by atomic mass is 16.6. The molecule has 1 aromatic carbocycles. The summed E-state index contributed by atoms with van der Waals surface area (Å²) in [6.07, 6.45) is 1.90. The molecule has 9 nitrogen and oxygen atoms in total. The van der Waals surface area contributed by atoms with Crippen LogP contribution in [0, 0.1) is 21.4 Å². The molecule has 1 aliphatic rings. The first-order valence-corrected chi connectivity index (χ1v) is 8.16. The van der Waals surface area contributed by atoms with Crippen molar-refractivity contribution in [1.82, 2.24) is 14.7 Å². The Morgan fingerprint density at radius 2 is 2.00 bits per heavy atom. The molecule has 0 atom stereocenters. The van der Waals surface area contributed by atoms with Gasteiger partial charge in [-0.1, -0.05) is 0 Å².